The summed E-state index contributed by atoms with van der Waals surface area (Å²) >= 11 is 9.34. The maximum absolute atomic E-state index is 12.1. The van der Waals surface area contributed by atoms with Crippen LogP contribution in [0.2, 0.25) is 5.02 Å². The molecule has 0 saturated heterocycles. The van der Waals surface area contributed by atoms with Gasteiger partial charge < -0.3 is 0 Å². The molecule has 0 aliphatic heterocycles. The predicted octanol–water partition coefficient (Wildman–Crippen LogP) is 4.90. The first-order valence-corrected chi connectivity index (χ1v) is 8.04. The first-order chi connectivity index (χ1) is 8.61. The van der Waals surface area contributed by atoms with E-state index in [0.29, 0.717) is 10.8 Å². The van der Waals surface area contributed by atoms with Crippen molar-refractivity contribution in [3.05, 3.63) is 52.0 Å². The minimum absolute atomic E-state index is 0.613. The molecule has 0 amide bonds. The molecule has 0 N–H and O–H groups in total. The van der Waals surface area contributed by atoms with E-state index in [4.69, 9.17) is 11.6 Å². The lowest BCUT2D eigenvalue weighted by Gasteiger charge is -2.09. The fourth-order valence-electron chi connectivity index (χ4n) is 1.71. The maximum atomic E-state index is 12.1. The summed E-state index contributed by atoms with van der Waals surface area (Å²) in [5.74, 6) is 0.613. The van der Waals surface area contributed by atoms with Crippen molar-refractivity contribution in [2.45, 2.75) is 11.8 Å². The van der Waals surface area contributed by atoms with Gasteiger partial charge in [-0.1, -0.05) is 46.6 Å². The molecule has 1 atom stereocenters. The number of hydrogen-bond donors (Lipinski definition) is 0. The van der Waals surface area contributed by atoms with Crippen LogP contribution >= 0.6 is 27.5 Å². The Morgan fingerprint density at radius 2 is 1.83 bits per heavy atom. The summed E-state index contributed by atoms with van der Waals surface area (Å²) in [4.78, 5) is 0.864. The molecule has 0 aliphatic carbocycles. The van der Waals surface area contributed by atoms with Crippen molar-refractivity contribution in [2.75, 3.05) is 5.75 Å². The lowest BCUT2D eigenvalue weighted by atomic mass is 10.1. The van der Waals surface area contributed by atoms with Crippen LogP contribution in [0.1, 0.15) is 6.92 Å². The molecular weight excluding hydrogens is 332 g/mol. The van der Waals surface area contributed by atoms with Crippen molar-refractivity contribution in [3.63, 3.8) is 0 Å². The summed E-state index contributed by atoms with van der Waals surface area (Å²) in [6.45, 7) is 1.92. The second-order valence-corrected chi connectivity index (χ2v) is 6.84. The van der Waals surface area contributed by atoms with Crippen LogP contribution in [0.4, 0.5) is 0 Å². The maximum Gasteiger partial charge on any atom is 0.0533 e. The lowest BCUT2D eigenvalue weighted by molar-refractivity contribution is 0.684. The minimum atomic E-state index is -0.970. The molecule has 0 fully saturated rings. The van der Waals surface area contributed by atoms with Gasteiger partial charge in [0.1, 0.15) is 0 Å². The first-order valence-electron chi connectivity index (χ1n) is 5.55. The molecule has 0 heterocycles. The average Bonchev–Trinajstić information content (AvgIpc) is 2.38. The van der Waals surface area contributed by atoms with Crippen molar-refractivity contribution < 1.29 is 4.21 Å². The molecule has 94 valence electrons. The average molecular weight is 344 g/mol. The third kappa shape index (κ3) is 3.02. The van der Waals surface area contributed by atoms with Crippen LogP contribution in [0.15, 0.2) is 51.8 Å². The highest BCUT2D eigenvalue weighted by Crippen LogP contribution is 2.30. The largest absolute Gasteiger partial charge is 0.254 e. The normalized spacial score (nSPS) is 12.4. The number of halogens is 2. The van der Waals surface area contributed by atoms with Crippen LogP contribution in [0, 0.1) is 0 Å². The van der Waals surface area contributed by atoms with E-state index in [2.05, 4.69) is 15.9 Å². The standard InChI is InChI=1S/C14H12BrClOS/c1-2-18(17)14-8-5-11(15)9-13(14)10-3-6-12(16)7-4-10/h3-9H,2H2,1H3. The molecule has 1 unspecified atom stereocenters. The molecule has 18 heavy (non-hydrogen) atoms. The van der Waals surface area contributed by atoms with Gasteiger partial charge in [-0.25, -0.2) is 0 Å². The topological polar surface area (TPSA) is 17.1 Å². The van der Waals surface area contributed by atoms with Gasteiger partial charge in [-0.05, 0) is 41.5 Å². The molecule has 0 spiro atoms. The highest BCUT2D eigenvalue weighted by Gasteiger charge is 2.10. The lowest BCUT2D eigenvalue weighted by Crippen LogP contribution is -1.97. The van der Waals surface area contributed by atoms with Gasteiger partial charge in [0.2, 0.25) is 0 Å². The molecule has 0 aliphatic rings. The van der Waals surface area contributed by atoms with E-state index in [-0.39, 0.29) is 0 Å². The fraction of sp³-hybridized carbons (Fsp3) is 0.143. The highest BCUT2D eigenvalue weighted by atomic mass is 79.9. The Hall–Kier alpha value is -0.640. The molecule has 2 rings (SSSR count). The summed E-state index contributed by atoms with van der Waals surface area (Å²) in [6, 6.07) is 13.4. The Morgan fingerprint density at radius 3 is 2.44 bits per heavy atom. The Bertz CT molecular complexity index is 581. The molecule has 2 aromatic carbocycles. The summed E-state index contributed by atoms with van der Waals surface area (Å²) in [6.07, 6.45) is 0. The molecule has 2 aromatic rings. The molecule has 4 heteroatoms. The molecule has 1 nitrogen and oxygen atoms in total. The second kappa shape index (κ2) is 6.00. The van der Waals surface area contributed by atoms with Crippen LogP contribution in [-0.4, -0.2) is 9.96 Å². The number of hydrogen-bond acceptors (Lipinski definition) is 1. The quantitative estimate of drug-likeness (QED) is 0.775. The summed E-state index contributed by atoms with van der Waals surface area (Å²) < 4.78 is 13.0. The third-order valence-corrected chi connectivity index (χ3v) is 4.72. The van der Waals surface area contributed by atoms with Crippen LogP contribution in [-0.2, 0) is 10.8 Å². The van der Waals surface area contributed by atoms with Crippen LogP contribution < -0.4 is 0 Å². The zero-order valence-corrected chi connectivity index (χ0v) is 13.0. The number of rotatable bonds is 3. The molecule has 0 aromatic heterocycles. The van der Waals surface area contributed by atoms with Gasteiger partial charge in [0.15, 0.2) is 0 Å². The van der Waals surface area contributed by atoms with Crippen LogP contribution in [0.5, 0.6) is 0 Å². The van der Waals surface area contributed by atoms with E-state index in [1.807, 2.05) is 49.4 Å². The van der Waals surface area contributed by atoms with Crippen LogP contribution in [0.25, 0.3) is 11.1 Å². The van der Waals surface area contributed by atoms with Gasteiger partial charge in [-0.15, -0.1) is 0 Å². The zero-order valence-electron chi connectivity index (χ0n) is 9.82. The predicted molar refractivity (Wildman–Crippen MR) is 81.5 cm³/mol. The molecular formula is C14H12BrClOS. The van der Waals surface area contributed by atoms with Gasteiger partial charge in [0.25, 0.3) is 0 Å². The second-order valence-electron chi connectivity index (χ2n) is 3.78. The molecule has 0 saturated carbocycles. The van der Waals surface area contributed by atoms with Gasteiger partial charge in [0.05, 0.1) is 10.8 Å². The Morgan fingerprint density at radius 1 is 1.17 bits per heavy atom. The minimum Gasteiger partial charge on any atom is -0.254 e. The van der Waals surface area contributed by atoms with Crippen molar-refractivity contribution in [1.29, 1.82) is 0 Å². The summed E-state index contributed by atoms with van der Waals surface area (Å²) in [7, 11) is -0.970. The fourth-order valence-corrected chi connectivity index (χ4v) is 3.15. The Labute approximate surface area is 123 Å². The van der Waals surface area contributed by atoms with Gasteiger partial charge in [-0.2, -0.15) is 0 Å². The van der Waals surface area contributed by atoms with E-state index < -0.39 is 10.8 Å². The van der Waals surface area contributed by atoms with Crippen molar-refractivity contribution in [2.24, 2.45) is 0 Å². The molecule has 0 radical (unpaired) electrons. The van der Waals surface area contributed by atoms with Crippen LogP contribution in [0.3, 0.4) is 0 Å². The highest BCUT2D eigenvalue weighted by molar-refractivity contribution is 9.10. The first kappa shape index (κ1) is 13.8. The van der Waals surface area contributed by atoms with E-state index in [9.17, 15) is 4.21 Å². The monoisotopic (exact) mass is 342 g/mol. The third-order valence-electron chi connectivity index (χ3n) is 2.60. The van der Waals surface area contributed by atoms with Crippen molar-refractivity contribution in [1.82, 2.24) is 0 Å². The van der Waals surface area contributed by atoms with Gasteiger partial charge in [-0.3, -0.25) is 4.21 Å². The molecule has 0 bridgehead atoms. The van der Waals surface area contributed by atoms with E-state index in [1.165, 1.54) is 0 Å². The van der Waals surface area contributed by atoms with Gasteiger partial charge >= 0.3 is 0 Å². The zero-order chi connectivity index (χ0) is 13.1. The Kier molecular flexibility index (Phi) is 4.60. The van der Waals surface area contributed by atoms with E-state index in [1.54, 1.807) is 0 Å². The Balaban J connectivity index is 2.57. The van der Waals surface area contributed by atoms with E-state index in [0.717, 1.165) is 20.5 Å². The van der Waals surface area contributed by atoms with Crippen molar-refractivity contribution >= 4 is 38.3 Å². The summed E-state index contributed by atoms with van der Waals surface area (Å²) in [5.41, 5.74) is 2.01. The van der Waals surface area contributed by atoms with Crippen molar-refractivity contribution in [3.8, 4) is 11.1 Å². The van der Waals surface area contributed by atoms with Gasteiger partial charge in [0, 0.05) is 20.1 Å². The van der Waals surface area contributed by atoms with E-state index >= 15 is 0 Å². The number of benzene rings is 2. The SMILES string of the molecule is CCS(=O)c1ccc(Br)cc1-c1ccc(Cl)cc1. The smallest absolute Gasteiger partial charge is 0.0533 e. The summed E-state index contributed by atoms with van der Waals surface area (Å²) in [5, 5.41) is 0.701.